The maximum absolute atomic E-state index is 12.5. The van der Waals surface area contributed by atoms with E-state index < -0.39 is 37.0 Å². The average Bonchev–Trinajstić information content (AvgIpc) is 2.98. The standard InChI is InChI=1S/C31H26N6O6/c38-27(39)16-36-13-20-3-1-5-22(32-20)24-11-9-18-7-8-19-10-12-25(35-30(19)29(18)34-24)23-6-2-4-21(33-23)14-37(17-28(40)41)26(15-36)31(42)43/h1-12,26H,13-17H2,(H,38,39)(H,40,41)(H,42,43). The van der Waals surface area contributed by atoms with Crippen LogP contribution in [0.3, 0.4) is 0 Å². The Morgan fingerprint density at radius 2 is 1.12 bits per heavy atom. The van der Waals surface area contributed by atoms with Gasteiger partial charge in [-0.05, 0) is 36.4 Å². The van der Waals surface area contributed by atoms with Crippen LogP contribution in [-0.2, 0) is 27.5 Å². The number of hydrogen-bond donors (Lipinski definition) is 3. The van der Waals surface area contributed by atoms with Crippen LogP contribution in [0.1, 0.15) is 11.4 Å². The Hall–Kier alpha value is -5.33. The molecule has 1 unspecified atom stereocenters. The van der Waals surface area contributed by atoms with E-state index in [4.69, 9.17) is 19.9 Å². The lowest BCUT2D eigenvalue weighted by atomic mass is 10.1. The van der Waals surface area contributed by atoms with Crippen LogP contribution in [0.5, 0.6) is 0 Å². The number of pyridine rings is 4. The quantitative estimate of drug-likeness (QED) is 0.261. The predicted octanol–water partition coefficient (Wildman–Crippen LogP) is 3.15. The molecule has 1 atom stereocenters. The maximum Gasteiger partial charge on any atom is 0.322 e. The number of benzene rings is 1. The number of hydrogen-bond acceptors (Lipinski definition) is 9. The van der Waals surface area contributed by atoms with Gasteiger partial charge in [-0.1, -0.05) is 36.4 Å². The molecule has 0 saturated heterocycles. The highest BCUT2D eigenvalue weighted by molar-refractivity contribution is 6.04. The van der Waals surface area contributed by atoms with E-state index in [1.807, 2.05) is 36.4 Å². The minimum atomic E-state index is -1.35. The van der Waals surface area contributed by atoms with E-state index in [9.17, 15) is 29.7 Å². The highest BCUT2D eigenvalue weighted by Crippen LogP contribution is 2.28. The van der Waals surface area contributed by atoms with E-state index in [1.165, 1.54) is 9.80 Å². The molecule has 216 valence electrons. The molecule has 0 saturated carbocycles. The first-order valence-corrected chi connectivity index (χ1v) is 13.5. The van der Waals surface area contributed by atoms with Crippen molar-refractivity contribution < 1.29 is 29.7 Å². The largest absolute Gasteiger partial charge is 0.480 e. The van der Waals surface area contributed by atoms with Crippen LogP contribution < -0.4 is 0 Å². The minimum absolute atomic E-state index is 0.0139. The molecule has 0 aliphatic carbocycles. The first kappa shape index (κ1) is 27.8. The van der Waals surface area contributed by atoms with Gasteiger partial charge in [-0.15, -0.1) is 0 Å². The van der Waals surface area contributed by atoms with Gasteiger partial charge in [0.05, 0.1) is 58.3 Å². The lowest BCUT2D eigenvalue weighted by Crippen LogP contribution is -2.50. The smallest absolute Gasteiger partial charge is 0.322 e. The molecular formula is C31H26N6O6. The van der Waals surface area contributed by atoms with Crippen molar-refractivity contribution in [2.45, 2.75) is 19.1 Å². The minimum Gasteiger partial charge on any atom is -0.480 e. The summed E-state index contributed by atoms with van der Waals surface area (Å²) in [6.07, 6.45) is 0. The molecule has 0 amide bonds. The number of aliphatic carboxylic acids is 3. The highest BCUT2D eigenvalue weighted by atomic mass is 16.4. The van der Waals surface area contributed by atoms with E-state index in [1.54, 1.807) is 36.4 Å². The van der Waals surface area contributed by atoms with Gasteiger partial charge >= 0.3 is 17.9 Å². The fourth-order valence-electron chi connectivity index (χ4n) is 5.33. The van der Waals surface area contributed by atoms with Crippen LogP contribution in [-0.4, -0.2) is 88.6 Å². The van der Waals surface area contributed by atoms with Gasteiger partial charge in [-0.25, -0.2) is 19.9 Å². The van der Waals surface area contributed by atoms with Gasteiger partial charge in [-0.3, -0.25) is 24.2 Å². The Morgan fingerprint density at radius 1 is 0.628 bits per heavy atom. The molecule has 1 aliphatic heterocycles. The summed E-state index contributed by atoms with van der Waals surface area (Å²) >= 11 is 0. The zero-order valence-electron chi connectivity index (χ0n) is 22.8. The number of rotatable bonds is 5. The van der Waals surface area contributed by atoms with Crippen molar-refractivity contribution in [2.24, 2.45) is 0 Å². The third kappa shape index (κ3) is 6.01. The number of carboxylic acids is 3. The summed E-state index contributed by atoms with van der Waals surface area (Å²) in [5.74, 6) is -3.67. The average molecular weight is 579 g/mol. The normalized spacial score (nSPS) is 16.0. The molecular weight excluding hydrogens is 552 g/mol. The van der Waals surface area contributed by atoms with Crippen molar-refractivity contribution in [2.75, 3.05) is 19.6 Å². The molecule has 8 bridgehead atoms. The summed E-state index contributed by atoms with van der Waals surface area (Å²) in [7, 11) is 0. The van der Waals surface area contributed by atoms with Crippen molar-refractivity contribution in [3.63, 3.8) is 0 Å². The number of aromatic nitrogens is 4. The first-order chi connectivity index (χ1) is 20.7. The number of fused-ring (bicyclic) bond motifs is 8. The van der Waals surface area contributed by atoms with E-state index in [-0.39, 0.29) is 19.6 Å². The Balaban J connectivity index is 1.56. The number of nitrogens with zero attached hydrogens (tertiary/aromatic N) is 6. The summed E-state index contributed by atoms with van der Waals surface area (Å²) < 4.78 is 0. The molecule has 12 heteroatoms. The van der Waals surface area contributed by atoms with Gasteiger partial charge in [-0.2, -0.15) is 0 Å². The van der Waals surface area contributed by atoms with Crippen molar-refractivity contribution in [3.05, 3.63) is 84.2 Å². The third-order valence-corrected chi connectivity index (χ3v) is 7.26. The van der Waals surface area contributed by atoms with Gasteiger partial charge in [0, 0.05) is 30.4 Å². The Labute approximate surface area is 244 Å². The second kappa shape index (κ2) is 11.5. The van der Waals surface area contributed by atoms with Gasteiger partial charge in [0.1, 0.15) is 6.04 Å². The van der Waals surface area contributed by atoms with E-state index in [0.717, 1.165) is 10.8 Å². The number of carboxylic acid groups (broad SMARTS) is 3. The van der Waals surface area contributed by atoms with Crippen LogP contribution in [0, 0.1) is 0 Å². The van der Waals surface area contributed by atoms with Crippen LogP contribution >= 0.6 is 0 Å². The van der Waals surface area contributed by atoms with Crippen molar-refractivity contribution in [1.29, 1.82) is 0 Å². The Kier molecular flexibility index (Phi) is 7.45. The lowest BCUT2D eigenvalue weighted by Gasteiger charge is -2.31. The molecule has 5 heterocycles. The molecule has 1 aromatic carbocycles. The predicted molar refractivity (Wildman–Crippen MR) is 156 cm³/mol. The van der Waals surface area contributed by atoms with E-state index >= 15 is 0 Å². The fourth-order valence-corrected chi connectivity index (χ4v) is 5.33. The Bertz CT molecular complexity index is 1900. The second-order valence-corrected chi connectivity index (χ2v) is 10.3. The summed E-state index contributed by atoms with van der Waals surface area (Å²) in [6.45, 7) is -1.43. The molecule has 5 aromatic rings. The van der Waals surface area contributed by atoms with Crippen LogP contribution in [0.25, 0.3) is 44.6 Å². The molecule has 4 aromatic heterocycles. The fraction of sp³-hybridized carbons (Fsp3) is 0.194. The molecule has 0 fully saturated rings. The van der Waals surface area contributed by atoms with Crippen molar-refractivity contribution in [3.8, 4) is 22.8 Å². The van der Waals surface area contributed by atoms with Gasteiger partial charge in [0.2, 0.25) is 0 Å². The second-order valence-electron chi connectivity index (χ2n) is 10.3. The zero-order valence-corrected chi connectivity index (χ0v) is 22.8. The third-order valence-electron chi connectivity index (χ3n) is 7.26. The summed E-state index contributed by atoms with van der Waals surface area (Å²) in [5.41, 5.74) is 4.55. The molecule has 0 spiro atoms. The van der Waals surface area contributed by atoms with Crippen LogP contribution in [0.4, 0.5) is 0 Å². The van der Waals surface area contributed by atoms with Gasteiger partial charge in [0.25, 0.3) is 0 Å². The number of carbonyl (C=O) groups is 3. The monoisotopic (exact) mass is 578 g/mol. The lowest BCUT2D eigenvalue weighted by molar-refractivity contribution is -0.149. The van der Waals surface area contributed by atoms with Crippen molar-refractivity contribution in [1.82, 2.24) is 29.7 Å². The molecule has 43 heavy (non-hydrogen) atoms. The molecule has 0 radical (unpaired) electrons. The highest BCUT2D eigenvalue weighted by Gasteiger charge is 2.31. The van der Waals surface area contributed by atoms with Gasteiger partial charge in [0.15, 0.2) is 0 Å². The topological polar surface area (TPSA) is 170 Å². The van der Waals surface area contributed by atoms with Crippen LogP contribution in [0.2, 0.25) is 0 Å². The Morgan fingerprint density at radius 3 is 1.63 bits per heavy atom. The van der Waals surface area contributed by atoms with E-state index in [0.29, 0.717) is 45.2 Å². The molecule has 3 N–H and O–H groups in total. The summed E-state index contributed by atoms with van der Waals surface area (Å²) in [6, 6.07) is 20.7. The van der Waals surface area contributed by atoms with Crippen molar-refractivity contribution >= 4 is 39.7 Å². The molecule has 12 nitrogen and oxygen atoms in total. The van der Waals surface area contributed by atoms with Crippen LogP contribution in [0.15, 0.2) is 72.8 Å². The molecule has 6 rings (SSSR count). The first-order valence-electron chi connectivity index (χ1n) is 13.5. The SMILES string of the molecule is O=C(O)CN1Cc2cccc(n2)-c2ccc3ccc4ccc(nc4c3n2)-c2cccc(n2)CN(CC(=O)O)C(C(=O)O)C1. The molecule has 1 aliphatic rings. The zero-order chi connectivity index (χ0) is 30.1. The van der Waals surface area contributed by atoms with Gasteiger partial charge < -0.3 is 15.3 Å². The maximum atomic E-state index is 12.5. The van der Waals surface area contributed by atoms with E-state index in [2.05, 4.69) is 0 Å². The summed E-state index contributed by atoms with van der Waals surface area (Å²) in [4.78, 5) is 58.1. The summed E-state index contributed by atoms with van der Waals surface area (Å²) in [5, 5.41) is 31.3.